The van der Waals surface area contributed by atoms with Crippen LogP contribution in [0.5, 0.6) is 0 Å². The predicted molar refractivity (Wildman–Crippen MR) is 73.2 cm³/mol. The van der Waals surface area contributed by atoms with Crippen LogP contribution < -0.4 is 0 Å². The SMILES string of the molecule is CC.CCc1nn(Cc2ccccc2)cc1C. The number of aromatic nitrogens is 2. The summed E-state index contributed by atoms with van der Waals surface area (Å²) in [6, 6.07) is 10.4. The van der Waals surface area contributed by atoms with Crippen LogP contribution in [-0.4, -0.2) is 9.78 Å². The Hall–Kier alpha value is -1.57. The highest BCUT2D eigenvalue weighted by atomic mass is 15.3. The van der Waals surface area contributed by atoms with Gasteiger partial charge in [-0.25, -0.2) is 0 Å². The van der Waals surface area contributed by atoms with Gasteiger partial charge in [0, 0.05) is 6.20 Å². The second-order valence-corrected chi connectivity index (χ2v) is 3.80. The molecule has 0 saturated carbocycles. The quantitative estimate of drug-likeness (QED) is 0.783. The Bertz CT molecular complexity index is 429. The predicted octanol–water partition coefficient (Wildman–Crippen LogP) is 3.83. The fraction of sp³-hybridized carbons (Fsp3) is 0.400. The second kappa shape index (κ2) is 6.89. The highest BCUT2D eigenvalue weighted by molar-refractivity contribution is 5.18. The molecule has 2 nitrogen and oxygen atoms in total. The average molecular weight is 230 g/mol. The van der Waals surface area contributed by atoms with Crippen molar-refractivity contribution in [3.8, 4) is 0 Å². The van der Waals surface area contributed by atoms with Crippen LogP contribution in [0.4, 0.5) is 0 Å². The molecular weight excluding hydrogens is 208 g/mol. The average Bonchev–Trinajstić information content (AvgIpc) is 2.73. The molecule has 0 bridgehead atoms. The summed E-state index contributed by atoms with van der Waals surface area (Å²) in [5.41, 5.74) is 3.78. The Morgan fingerprint density at radius 3 is 2.29 bits per heavy atom. The van der Waals surface area contributed by atoms with Crippen LogP contribution in [0.1, 0.15) is 37.6 Å². The standard InChI is InChI=1S/C13H16N2.C2H6/c1-3-13-11(2)9-15(14-13)10-12-7-5-4-6-8-12;1-2/h4-9H,3,10H2,1-2H3;1-2H3. The van der Waals surface area contributed by atoms with Crippen LogP contribution >= 0.6 is 0 Å². The monoisotopic (exact) mass is 230 g/mol. The molecule has 0 spiro atoms. The summed E-state index contributed by atoms with van der Waals surface area (Å²) in [4.78, 5) is 0. The number of benzene rings is 1. The zero-order valence-electron chi connectivity index (χ0n) is 11.3. The van der Waals surface area contributed by atoms with Gasteiger partial charge in [0.2, 0.25) is 0 Å². The fourth-order valence-corrected chi connectivity index (χ4v) is 1.76. The Morgan fingerprint density at radius 1 is 1.12 bits per heavy atom. The number of nitrogens with zero attached hydrogens (tertiary/aromatic N) is 2. The zero-order chi connectivity index (χ0) is 12.7. The summed E-state index contributed by atoms with van der Waals surface area (Å²) in [7, 11) is 0. The maximum Gasteiger partial charge on any atom is 0.0659 e. The van der Waals surface area contributed by atoms with Gasteiger partial charge in [-0.3, -0.25) is 4.68 Å². The minimum Gasteiger partial charge on any atom is -0.268 e. The molecule has 0 radical (unpaired) electrons. The van der Waals surface area contributed by atoms with Gasteiger partial charge >= 0.3 is 0 Å². The van der Waals surface area contributed by atoms with Gasteiger partial charge in [-0.2, -0.15) is 5.10 Å². The van der Waals surface area contributed by atoms with Gasteiger partial charge in [0.05, 0.1) is 12.2 Å². The normalized spacial score (nSPS) is 9.65. The molecule has 92 valence electrons. The molecule has 17 heavy (non-hydrogen) atoms. The first-order valence-corrected chi connectivity index (χ1v) is 6.36. The smallest absolute Gasteiger partial charge is 0.0659 e. The highest BCUT2D eigenvalue weighted by Crippen LogP contribution is 2.08. The van der Waals surface area contributed by atoms with Gasteiger partial charge in [-0.1, -0.05) is 51.1 Å². The van der Waals surface area contributed by atoms with Gasteiger partial charge < -0.3 is 0 Å². The molecule has 0 aliphatic rings. The van der Waals surface area contributed by atoms with Crippen molar-refractivity contribution >= 4 is 0 Å². The maximum atomic E-state index is 4.54. The van der Waals surface area contributed by atoms with E-state index in [9.17, 15) is 0 Å². The van der Waals surface area contributed by atoms with Crippen LogP contribution in [0, 0.1) is 6.92 Å². The van der Waals surface area contributed by atoms with E-state index in [1.54, 1.807) is 0 Å². The number of hydrogen-bond acceptors (Lipinski definition) is 1. The minimum absolute atomic E-state index is 0.863. The van der Waals surface area contributed by atoms with Crippen molar-refractivity contribution in [2.75, 3.05) is 0 Å². The van der Waals surface area contributed by atoms with E-state index in [1.807, 2.05) is 24.6 Å². The summed E-state index contributed by atoms with van der Waals surface area (Å²) >= 11 is 0. The molecule has 0 amide bonds. The van der Waals surface area contributed by atoms with Crippen molar-refractivity contribution < 1.29 is 0 Å². The lowest BCUT2D eigenvalue weighted by molar-refractivity contribution is 0.673. The van der Waals surface area contributed by atoms with E-state index in [1.165, 1.54) is 16.8 Å². The van der Waals surface area contributed by atoms with Crippen LogP contribution in [0.15, 0.2) is 36.5 Å². The van der Waals surface area contributed by atoms with Crippen molar-refractivity contribution in [2.45, 2.75) is 40.7 Å². The number of rotatable bonds is 3. The molecule has 2 heteroatoms. The van der Waals surface area contributed by atoms with E-state index in [-0.39, 0.29) is 0 Å². The molecule has 0 aliphatic heterocycles. The van der Waals surface area contributed by atoms with Crippen LogP contribution in [0.2, 0.25) is 0 Å². The third kappa shape index (κ3) is 3.74. The Morgan fingerprint density at radius 2 is 1.76 bits per heavy atom. The second-order valence-electron chi connectivity index (χ2n) is 3.80. The molecule has 0 unspecified atom stereocenters. The molecule has 1 heterocycles. The molecule has 0 saturated heterocycles. The zero-order valence-corrected chi connectivity index (χ0v) is 11.3. The van der Waals surface area contributed by atoms with E-state index in [0.717, 1.165) is 13.0 Å². The van der Waals surface area contributed by atoms with Crippen LogP contribution in [0.25, 0.3) is 0 Å². The summed E-state index contributed by atoms with van der Waals surface area (Å²) in [6.07, 6.45) is 3.12. The van der Waals surface area contributed by atoms with Crippen molar-refractivity contribution in [1.82, 2.24) is 9.78 Å². The summed E-state index contributed by atoms with van der Waals surface area (Å²) in [5, 5.41) is 4.54. The summed E-state index contributed by atoms with van der Waals surface area (Å²) < 4.78 is 2.02. The Balaban J connectivity index is 0.000000686. The lowest BCUT2D eigenvalue weighted by Gasteiger charge is -2.00. The Labute approximate surface area is 104 Å². The van der Waals surface area contributed by atoms with Gasteiger partial charge in [0.1, 0.15) is 0 Å². The lowest BCUT2D eigenvalue weighted by atomic mass is 10.2. The first-order valence-electron chi connectivity index (χ1n) is 6.36. The van der Waals surface area contributed by atoms with Crippen LogP contribution in [-0.2, 0) is 13.0 Å². The van der Waals surface area contributed by atoms with E-state index < -0.39 is 0 Å². The molecule has 0 atom stereocenters. The molecule has 0 fully saturated rings. The maximum absolute atomic E-state index is 4.54. The van der Waals surface area contributed by atoms with Crippen LogP contribution in [0.3, 0.4) is 0 Å². The molecule has 0 N–H and O–H groups in total. The summed E-state index contributed by atoms with van der Waals surface area (Å²) in [5.74, 6) is 0. The van der Waals surface area contributed by atoms with Gasteiger partial charge in [0.15, 0.2) is 0 Å². The third-order valence-corrected chi connectivity index (χ3v) is 2.57. The Kier molecular flexibility index (Phi) is 5.47. The molecule has 1 aromatic carbocycles. The number of aryl methyl sites for hydroxylation is 2. The van der Waals surface area contributed by atoms with Gasteiger partial charge in [-0.05, 0) is 24.5 Å². The van der Waals surface area contributed by atoms with Crippen molar-refractivity contribution in [3.63, 3.8) is 0 Å². The first kappa shape index (κ1) is 13.5. The van der Waals surface area contributed by atoms with Gasteiger partial charge in [-0.15, -0.1) is 0 Å². The molecular formula is C15H22N2. The topological polar surface area (TPSA) is 17.8 Å². The van der Waals surface area contributed by atoms with E-state index in [4.69, 9.17) is 0 Å². The van der Waals surface area contributed by atoms with E-state index in [2.05, 4.69) is 49.4 Å². The fourth-order valence-electron chi connectivity index (χ4n) is 1.76. The number of hydrogen-bond donors (Lipinski definition) is 0. The summed E-state index contributed by atoms with van der Waals surface area (Å²) in [6.45, 7) is 9.12. The van der Waals surface area contributed by atoms with Crippen molar-refractivity contribution in [2.24, 2.45) is 0 Å². The third-order valence-electron chi connectivity index (χ3n) is 2.57. The van der Waals surface area contributed by atoms with E-state index in [0.29, 0.717) is 0 Å². The van der Waals surface area contributed by atoms with Crippen molar-refractivity contribution in [1.29, 1.82) is 0 Å². The first-order chi connectivity index (χ1) is 8.29. The van der Waals surface area contributed by atoms with Gasteiger partial charge in [0.25, 0.3) is 0 Å². The molecule has 2 rings (SSSR count). The molecule has 2 aromatic rings. The van der Waals surface area contributed by atoms with E-state index >= 15 is 0 Å². The highest BCUT2D eigenvalue weighted by Gasteiger charge is 2.02. The molecule has 1 aromatic heterocycles. The minimum atomic E-state index is 0.863. The van der Waals surface area contributed by atoms with Crippen molar-refractivity contribution in [3.05, 3.63) is 53.3 Å². The largest absolute Gasteiger partial charge is 0.268 e. The molecule has 0 aliphatic carbocycles. The lowest BCUT2D eigenvalue weighted by Crippen LogP contribution is -2.00.